The van der Waals surface area contributed by atoms with E-state index in [9.17, 15) is 10.2 Å². The molecule has 0 bridgehead atoms. The molecule has 0 spiro atoms. The maximum Gasteiger partial charge on any atom is 0.121 e. The lowest BCUT2D eigenvalue weighted by atomic mass is 10.1. The summed E-state index contributed by atoms with van der Waals surface area (Å²) in [5.41, 5.74) is 0.427. The van der Waals surface area contributed by atoms with Crippen LogP contribution in [0.4, 0.5) is 0 Å². The number of hydrogen-bond acceptors (Lipinski definition) is 4. The molecule has 2 aromatic rings. The summed E-state index contributed by atoms with van der Waals surface area (Å²) in [7, 11) is 0. The molecule has 2 rings (SSSR count). The average molecular weight is 246 g/mol. The molecular weight excluding hydrogens is 232 g/mol. The number of aliphatic hydroxyl groups excluding tert-OH is 1. The fraction of sp³-hybridized carbons (Fsp3) is 0.143. The van der Waals surface area contributed by atoms with E-state index in [0.717, 1.165) is 0 Å². The summed E-state index contributed by atoms with van der Waals surface area (Å²) in [5.74, 6) is 0.741. The molecule has 1 atom stereocenters. The molecule has 0 amide bonds. The minimum absolute atomic E-state index is 0.0301. The lowest BCUT2D eigenvalue weighted by Gasteiger charge is -2.13. The van der Waals surface area contributed by atoms with Crippen LogP contribution in [0.3, 0.4) is 0 Å². The molecule has 0 aromatic heterocycles. The summed E-state index contributed by atoms with van der Waals surface area (Å²) in [5, 5.41) is 28.6. The Bertz CT molecular complexity index is 507. The zero-order valence-electron chi connectivity index (χ0n) is 9.65. The van der Waals surface area contributed by atoms with Gasteiger partial charge in [-0.2, -0.15) is 0 Å². The quantitative estimate of drug-likeness (QED) is 0.773. The monoisotopic (exact) mass is 246 g/mol. The van der Waals surface area contributed by atoms with Gasteiger partial charge in [0.25, 0.3) is 0 Å². The second-order valence-corrected chi connectivity index (χ2v) is 3.88. The van der Waals surface area contributed by atoms with Crippen molar-refractivity contribution in [1.82, 2.24) is 0 Å². The molecule has 4 heteroatoms. The van der Waals surface area contributed by atoms with Crippen LogP contribution in [-0.2, 0) is 0 Å². The topological polar surface area (TPSA) is 69.9 Å². The predicted octanol–water partition coefficient (Wildman–Crippen LogP) is 2.21. The molecule has 0 fully saturated rings. The Labute approximate surface area is 105 Å². The minimum Gasteiger partial charge on any atom is -0.508 e. The standard InChI is InChI=1S/C14H14O4/c15-10-5-7-11(8-6-10)18-9-14(17)12-3-1-2-4-13(12)16/h1-8,14-17H,9H2. The third kappa shape index (κ3) is 2.93. The van der Waals surface area contributed by atoms with Crippen LogP contribution in [0.15, 0.2) is 48.5 Å². The van der Waals surface area contributed by atoms with E-state index in [4.69, 9.17) is 9.84 Å². The first-order chi connectivity index (χ1) is 8.66. The molecule has 94 valence electrons. The molecule has 0 heterocycles. The van der Waals surface area contributed by atoms with E-state index >= 15 is 0 Å². The Morgan fingerprint density at radius 1 is 0.944 bits per heavy atom. The predicted molar refractivity (Wildman–Crippen MR) is 66.7 cm³/mol. The number of rotatable bonds is 4. The number of hydrogen-bond donors (Lipinski definition) is 3. The highest BCUT2D eigenvalue weighted by atomic mass is 16.5. The third-order valence-electron chi connectivity index (χ3n) is 2.54. The fourth-order valence-electron chi connectivity index (χ4n) is 1.58. The maximum atomic E-state index is 9.88. The summed E-state index contributed by atoms with van der Waals surface area (Å²) in [6.07, 6.45) is -0.903. The van der Waals surface area contributed by atoms with Crippen molar-refractivity contribution in [2.75, 3.05) is 6.61 Å². The zero-order valence-corrected chi connectivity index (χ0v) is 9.65. The van der Waals surface area contributed by atoms with Crippen LogP contribution in [0.5, 0.6) is 17.2 Å². The first kappa shape index (κ1) is 12.3. The van der Waals surface area contributed by atoms with Gasteiger partial charge in [-0.25, -0.2) is 0 Å². The Kier molecular flexibility index (Phi) is 3.69. The van der Waals surface area contributed by atoms with Crippen LogP contribution in [-0.4, -0.2) is 21.9 Å². The minimum atomic E-state index is -0.903. The van der Waals surface area contributed by atoms with Crippen LogP contribution in [0.2, 0.25) is 0 Å². The first-order valence-electron chi connectivity index (χ1n) is 5.54. The molecule has 0 saturated heterocycles. The van der Waals surface area contributed by atoms with Crippen molar-refractivity contribution < 1.29 is 20.1 Å². The van der Waals surface area contributed by atoms with Crippen molar-refractivity contribution in [1.29, 1.82) is 0 Å². The number of phenols is 2. The van der Waals surface area contributed by atoms with Crippen molar-refractivity contribution in [2.24, 2.45) is 0 Å². The van der Waals surface area contributed by atoms with Gasteiger partial charge >= 0.3 is 0 Å². The van der Waals surface area contributed by atoms with E-state index < -0.39 is 6.10 Å². The second-order valence-electron chi connectivity index (χ2n) is 3.88. The van der Waals surface area contributed by atoms with E-state index in [1.54, 1.807) is 30.3 Å². The number of para-hydroxylation sites is 1. The van der Waals surface area contributed by atoms with Crippen LogP contribution >= 0.6 is 0 Å². The molecule has 0 radical (unpaired) electrons. The van der Waals surface area contributed by atoms with E-state index in [1.165, 1.54) is 18.2 Å². The van der Waals surface area contributed by atoms with Gasteiger partial charge in [-0.3, -0.25) is 0 Å². The summed E-state index contributed by atoms with van der Waals surface area (Å²) >= 11 is 0. The van der Waals surface area contributed by atoms with Crippen LogP contribution in [0.25, 0.3) is 0 Å². The van der Waals surface area contributed by atoms with Gasteiger partial charge in [0.2, 0.25) is 0 Å². The third-order valence-corrected chi connectivity index (χ3v) is 2.54. The van der Waals surface area contributed by atoms with Gasteiger partial charge in [-0.15, -0.1) is 0 Å². The van der Waals surface area contributed by atoms with Gasteiger partial charge in [-0.1, -0.05) is 18.2 Å². The van der Waals surface area contributed by atoms with E-state index in [0.29, 0.717) is 11.3 Å². The second kappa shape index (κ2) is 5.42. The Morgan fingerprint density at radius 2 is 1.61 bits per heavy atom. The molecule has 1 unspecified atom stereocenters. The Balaban J connectivity index is 1.98. The highest BCUT2D eigenvalue weighted by Gasteiger charge is 2.12. The van der Waals surface area contributed by atoms with E-state index in [1.807, 2.05) is 0 Å². The van der Waals surface area contributed by atoms with Crippen LogP contribution in [0.1, 0.15) is 11.7 Å². The Morgan fingerprint density at radius 3 is 2.28 bits per heavy atom. The van der Waals surface area contributed by atoms with Crippen molar-refractivity contribution in [3.63, 3.8) is 0 Å². The summed E-state index contributed by atoms with van der Waals surface area (Å²) in [6.45, 7) is 0.0301. The maximum absolute atomic E-state index is 9.88. The lowest BCUT2D eigenvalue weighted by Crippen LogP contribution is -2.09. The van der Waals surface area contributed by atoms with Crippen molar-refractivity contribution in [3.8, 4) is 17.2 Å². The fourth-order valence-corrected chi connectivity index (χ4v) is 1.58. The molecule has 2 aromatic carbocycles. The van der Waals surface area contributed by atoms with Gasteiger partial charge in [0.05, 0.1) is 0 Å². The van der Waals surface area contributed by atoms with Gasteiger partial charge in [0, 0.05) is 5.56 Å². The number of aromatic hydroxyl groups is 2. The smallest absolute Gasteiger partial charge is 0.121 e. The molecule has 0 aliphatic heterocycles. The summed E-state index contributed by atoms with van der Waals surface area (Å²) in [6, 6.07) is 12.8. The summed E-state index contributed by atoms with van der Waals surface area (Å²) in [4.78, 5) is 0. The van der Waals surface area contributed by atoms with Gasteiger partial charge in [0.1, 0.15) is 30.0 Å². The molecule has 0 aliphatic carbocycles. The molecule has 3 N–H and O–H groups in total. The molecule has 4 nitrogen and oxygen atoms in total. The van der Waals surface area contributed by atoms with Gasteiger partial charge < -0.3 is 20.1 Å². The van der Waals surface area contributed by atoms with Gasteiger partial charge in [0.15, 0.2) is 0 Å². The lowest BCUT2D eigenvalue weighted by molar-refractivity contribution is 0.106. The first-order valence-corrected chi connectivity index (χ1v) is 5.54. The number of benzene rings is 2. The van der Waals surface area contributed by atoms with E-state index in [2.05, 4.69) is 0 Å². The molecule has 0 saturated carbocycles. The normalized spacial score (nSPS) is 12.1. The van der Waals surface area contributed by atoms with Gasteiger partial charge in [-0.05, 0) is 30.3 Å². The molecule has 0 aliphatic rings. The Hall–Kier alpha value is -2.20. The SMILES string of the molecule is Oc1ccc(OCC(O)c2ccccc2O)cc1. The molecule has 18 heavy (non-hydrogen) atoms. The van der Waals surface area contributed by atoms with Crippen molar-refractivity contribution >= 4 is 0 Å². The average Bonchev–Trinajstić information content (AvgIpc) is 2.38. The zero-order chi connectivity index (χ0) is 13.0. The number of ether oxygens (including phenoxy) is 1. The van der Waals surface area contributed by atoms with Crippen LogP contribution in [0, 0.1) is 0 Å². The van der Waals surface area contributed by atoms with E-state index in [-0.39, 0.29) is 18.1 Å². The number of phenolic OH excluding ortho intramolecular Hbond substituents is 2. The summed E-state index contributed by atoms with van der Waals surface area (Å²) < 4.78 is 5.36. The number of aliphatic hydroxyl groups is 1. The largest absolute Gasteiger partial charge is 0.508 e. The van der Waals surface area contributed by atoms with Crippen molar-refractivity contribution in [2.45, 2.75) is 6.10 Å². The molecular formula is C14H14O4. The highest BCUT2D eigenvalue weighted by molar-refractivity contribution is 5.34. The van der Waals surface area contributed by atoms with Crippen molar-refractivity contribution in [3.05, 3.63) is 54.1 Å². The highest BCUT2D eigenvalue weighted by Crippen LogP contribution is 2.24. The van der Waals surface area contributed by atoms with Crippen LogP contribution < -0.4 is 4.74 Å².